The zero-order chi connectivity index (χ0) is 13.2. The molecule has 1 aliphatic rings. The molecular weight excluding hydrogens is 258 g/mol. The highest BCUT2D eigenvalue weighted by molar-refractivity contribution is 7.98. The molecule has 3 rings (SSSR count). The number of rotatable bonds is 3. The van der Waals surface area contributed by atoms with E-state index in [9.17, 15) is 4.79 Å². The van der Waals surface area contributed by atoms with Gasteiger partial charge in [-0.05, 0) is 37.4 Å². The highest BCUT2D eigenvalue weighted by atomic mass is 32.2. The predicted octanol–water partition coefficient (Wildman–Crippen LogP) is 1.98. The van der Waals surface area contributed by atoms with E-state index in [0.29, 0.717) is 5.69 Å². The van der Waals surface area contributed by atoms with Crippen molar-refractivity contribution in [3.8, 4) is 0 Å². The molecule has 1 fully saturated rings. The quantitative estimate of drug-likeness (QED) is 0.751. The third-order valence-corrected chi connectivity index (χ3v) is 4.20. The van der Waals surface area contributed by atoms with Crippen LogP contribution in [-0.2, 0) is 0 Å². The Hall–Kier alpha value is -1.46. The van der Waals surface area contributed by atoms with E-state index in [0.717, 1.165) is 30.4 Å². The van der Waals surface area contributed by atoms with E-state index >= 15 is 0 Å². The summed E-state index contributed by atoms with van der Waals surface area (Å²) >= 11 is 1.70. The van der Waals surface area contributed by atoms with Gasteiger partial charge >= 0.3 is 0 Å². The summed E-state index contributed by atoms with van der Waals surface area (Å²) < 4.78 is 0. The molecule has 0 spiro atoms. The Kier molecular flexibility index (Phi) is 3.48. The van der Waals surface area contributed by atoms with Gasteiger partial charge in [0.05, 0.1) is 0 Å². The van der Waals surface area contributed by atoms with Gasteiger partial charge in [0.1, 0.15) is 5.69 Å². The van der Waals surface area contributed by atoms with Crippen LogP contribution >= 0.6 is 11.8 Å². The summed E-state index contributed by atoms with van der Waals surface area (Å²) in [5.74, 6) is -0.0180. The van der Waals surface area contributed by atoms with Crippen LogP contribution in [0.25, 0.3) is 10.9 Å². The number of aromatic nitrogens is 1. The van der Waals surface area contributed by atoms with Crippen molar-refractivity contribution in [2.75, 3.05) is 19.3 Å². The third-order valence-electron chi connectivity index (χ3n) is 3.47. The normalized spacial score (nSPS) is 18.9. The Labute approximate surface area is 116 Å². The molecule has 0 bridgehead atoms. The van der Waals surface area contributed by atoms with Gasteiger partial charge < -0.3 is 15.6 Å². The molecule has 0 aliphatic carbocycles. The van der Waals surface area contributed by atoms with Crippen molar-refractivity contribution >= 4 is 28.6 Å². The van der Waals surface area contributed by atoms with Crippen LogP contribution in [0.4, 0.5) is 0 Å². The van der Waals surface area contributed by atoms with Gasteiger partial charge in [0.2, 0.25) is 0 Å². The van der Waals surface area contributed by atoms with Crippen LogP contribution in [0.15, 0.2) is 29.2 Å². The number of benzene rings is 1. The van der Waals surface area contributed by atoms with Gasteiger partial charge in [-0.25, -0.2) is 0 Å². The monoisotopic (exact) mass is 275 g/mol. The van der Waals surface area contributed by atoms with Gasteiger partial charge in [0.25, 0.3) is 5.91 Å². The van der Waals surface area contributed by atoms with E-state index in [4.69, 9.17) is 0 Å². The van der Waals surface area contributed by atoms with Crippen LogP contribution in [0.5, 0.6) is 0 Å². The van der Waals surface area contributed by atoms with Crippen molar-refractivity contribution in [3.05, 3.63) is 30.0 Å². The lowest BCUT2D eigenvalue weighted by Gasteiger charge is -2.09. The maximum Gasteiger partial charge on any atom is 0.267 e. The van der Waals surface area contributed by atoms with Crippen LogP contribution in [0.2, 0.25) is 0 Å². The van der Waals surface area contributed by atoms with Crippen molar-refractivity contribution in [2.45, 2.75) is 17.4 Å². The smallest absolute Gasteiger partial charge is 0.267 e. The van der Waals surface area contributed by atoms with E-state index in [2.05, 4.69) is 27.8 Å². The SMILES string of the molecule is CSc1ccc2cc(C(=O)N[C@@H]3CCNC3)[nH]c2c1. The molecule has 19 heavy (non-hydrogen) atoms. The fraction of sp³-hybridized carbons (Fsp3) is 0.357. The van der Waals surface area contributed by atoms with Gasteiger partial charge in [0, 0.05) is 28.4 Å². The average molecular weight is 275 g/mol. The molecular formula is C14H17N3OS. The van der Waals surface area contributed by atoms with Gasteiger partial charge in [0.15, 0.2) is 0 Å². The number of H-pyrrole nitrogens is 1. The molecule has 5 heteroatoms. The fourth-order valence-corrected chi connectivity index (χ4v) is 2.84. The minimum absolute atomic E-state index is 0.0180. The highest BCUT2D eigenvalue weighted by Gasteiger charge is 2.18. The second kappa shape index (κ2) is 5.27. The Balaban J connectivity index is 1.81. The summed E-state index contributed by atoms with van der Waals surface area (Å²) in [6.07, 6.45) is 3.05. The second-order valence-electron chi connectivity index (χ2n) is 4.80. The maximum absolute atomic E-state index is 12.1. The van der Waals surface area contributed by atoms with E-state index in [1.807, 2.05) is 18.4 Å². The molecule has 1 atom stereocenters. The molecule has 0 radical (unpaired) electrons. The molecule has 4 nitrogen and oxygen atoms in total. The van der Waals surface area contributed by atoms with Crippen molar-refractivity contribution in [1.29, 1.82) is 0 Å². The summed E-state index contributed by atoms with van der Waals surface area (Å²) in [5.41, 5.74) is 1.65. The number of amides is 1. The lowest BCUT2D eigenvalue weighted by atomic mass is 10.2. The molecule has 1 amide bonds. The van der Waals surface area contributed by atoms with Gasteiger partial charge in [-0.15, -0.1) is 11.8 Å². The summed E-state index contributed by atoms with van der Waals surface area (Å²) in [6.45, 7) is 1.84. The highest BCUT2D eigenvalue weighted by Crippen LogP contribution is 2.22. The number of carbonyl (C=O) groups is 1. The largest absolute Gasteiger partial charge is 0.350 e. The minimum Gasteiger partial charge on any atom is -0.350 e. The molecule has 3 N–H and O–H groups in total. The first-order valence-electron chi connectivity index (χ1n) is 6.44. The lowest BCUT2D eigenvalue weighted by Crippen LogP contribution is -2.36. The minimum atomic E-state index is -0.0180. The van der Waals surface area contributed by atoms with E-state index < -0.39 is 0 Å². The fourth-order valence-electron chi connectivity index (χ4n) is 2.40. The molecule has 2 heterocycles. The van der Waals surface area contributed by atoms with E-state index in [-0.39, 0.29) is 11.9 Å². The van der Waals surface area contributed by atoms with Gasteiger partial charge in [-0.1, -0.05) is 6.07 Å². The van der Waals surface area contributed by atoms with Crippen molar-refractivity contribution in [2.24, 2.45) is 0 Å². The predicted molar refractivity (Wildman–Crippen MR) is 78.8 cm³/mol. The Morgan fingerprint density at radius 2 is 2.32 bits per heavy atom. The number of carbonyl (C=O) groups excluding carboxylic acids is 1. The average Bonchev–Trinajstić information content (AvgIpc) is 3.05. The number of aromatic amines is 1. The topological polar surface area (TPSA) is 56.9 Å². The summed E-state index contributed by atoms with van der Waals surface area (Å²) in [4.78, 5) is 16.5. The van der Waals surface area contributed by atoms with Crippen molar-refractivity contribution < 1.29 is 4.79 Å². The van der Waals surface area contributed by atoms with Gasteiger partial charge in [-0.2, -0.15) is 0 Å². The van der Waals surface area contributed by atoms with Crippen LogP contribution in [0.3, 0.4) is 0 Å². The van der Waals surface area contributed by atoms with Crippen LogP contribution < -0.4 is 10.6 Å². The van der Waals surface area contributed by atoms with Crippen molar-refractivity contribution in [3.63, 3.8) is 0 Å². The van der Waals surface area contributed by atoms with Crippen LogP contribution in [0, 0.1) is 0 Å². The first-order valence-corrected chi connectivity index (χ1v) is 7.67. The zero-order valence-electron chi connectivity index (χ0n) is 10.8. The Morgan fingerprint density at radius 1 is 1.42 bits per heavy atom. The molecule has 0 saturated carbocycles. The summed E-state index contributed by atoms with van der Waals surface area (Å²) in [7, 11) is 0. The summed E-state index contributed by atoms with van der Waals surface area (Å²) in [5, 5.41) is 7.37. The lowest BCUT2D eigenvalue weighted by molar-refractivity contribution is 0.0936. The first kappa shape index (κ1) is 12.6. The second-order valence-corrected chi connectivity index (χ2v) is 5.68. The zero-order valence-corrected chi connectivity index (χ0v) is 11.6. The molecule has 1 aromatic heterocycles. The Morgan fingerprint density at radius 3 is 3.05 bits per heavy atom. The third kappa shape index (κ3) is 2.62. The number of hydrogen-bond donors (Lipinski definition) is 3. The molecule has 1 aromatic carbocycles. The summed E-state index contributed by atoms with van der Waals surface area (Å²) in [6, 6.07) is 8.36. The van der Waals surface area contributed by atoms with Crippen LogP contribution in [-0.4, -0.2) is 36.3 Å². The first-order chi connectivity index (χ1) is 9.26. The van der Waals surface area contributed by atoms with Crippen LogP contribution in [0.1, 0.15) is 16.9 Å². The Bertz CT molecular complexity index is 602. The number of fused-ring (bicyclic) bond motifs is 1. The molecule has 1 saturated heterocycles. The van der Waals surface area contributed by atoms with Gasteiger partial charge in [-0.3, -0.25) is 4.79 Å². The number of hydrogen-bond acceptors (Lipinski definition) is 3. The van der Waals surface area contributed by atoms with E-state index in [1.165, 1.54) is 4.90 Å². The van der Waals surface area contributed by atoms with Crippen molar-refractivity contribution in [1.82, 2.24) is 15.6 Å². The number of thioether (sulfide) groups is 1. The molecule has 2 aromatic rings. The standard InChI is InChI=1S/C14H17N3OS/c1-19-11-3-2-9-6-13(17-12(9)7-11)14(18)16-10-4-5-15-8-10/h2-3,6-7,10,15,17H,4-5,8H2,1H3,(H,16,18)/t10-/m1/s1. The molecule has 1 aliphatic heterocycles. The number of nitrogens with one attached hydrogen (secondary N) is 3. The molecule has 100 valence electrons. The molecule has 0 unspecified atom stereocenters. The maximum atomic E-state index is 12.1. The van der Waals surface area contributed by atoms with E-state index in [1.54, 1.807) is 11.8 Å².